The first-order chi connectivity index (χ1) is 9.90. The van der Waals surface area contributed by atoms with Gasteiger partial charge in [0.1, 0.15) is 0 Å². The molecule has 0 atom stereocenters. The van der Waals surface area contributed by atoms with Gasteiger partial charge in [-0.25, -0.2) is 0 Å². The van der Waals surface area contributed by atoms with Crippen molar-refractivity contribution in [2.75, 3.05) is 12.3 Å². The van der Waals surface area contributed by atoms with E-state index in [4.69, 9.17) is 15.2 Å². The van der Waals surface area contributed by atoms with Gasteiger partial charge in [0.05, 0.1) is 17.9 Å². The molecule has 0 aliphatic heterocycles. The molecular formula is C14H13F3N2O2. The highest BCUT2D eigenvalue weighted by atomic mass is 19.4. The summed E-state index contributed by atoms with van der Waals surface area (Å²) in [4.78, 5) is 4.05. The Labute approximate surface area is 119 Å². The topological polar surface area (TPSA) is 57.4 Å². The molecule has 0 fully saturated rings. The van der Waals surface area contributed by atoms with Crippen molar-refractivity contribution >= 4 is 5.69 Å². The molecule has 4 nitrogen and oxygen atoms in total. The fraction of sp³-hybridized carbons (Fsp3) is 0.214. The van der Waals surface area contributed by atoms with Crippen LogP contribution in [-0.2, 0) is 6.18 Å². The minimum Gasteiger partial charge on any atom is -0.478 e. The van der Waals surface area contributed by atoms with Crippen LogP contribution in [0.4, 0.5) is 18.9 Å². The Kier molecular flexibility index (Phi) is 4.21. The van der Waals surface area contributed by atoms with E-state index < -0.39 is 11.7 Å². The molecule has 112 valence electrons. The van der Waals surface area contributed by atoms with E-state index >= 15 is 0 Å². The highest BCUT2D eigenvalue weighted by Gasteiger charge is 2.31. The van der Waals surface area contributed by atoms with Crippen LogP contribution in [0.5, 0.6) is 17.5 Å². The van der Waals surface area contributed by atoms with Crippen molar-refractivity contribution in [3.63, 3.8) is 0 Å². The monoisotopic (exact) mass is 298 g/mol. The lowest BCUT2D eigenvalue weighted by molar-refractivity contribution is -0.137. The van der Waals surface area contributed by atoms with Gasteiger partial charge >= 0.3 is 6.18 Å². The van der Waals surface area contributed by atoms with Crippen molar-refractivity contribution < 1.29 is 22.6 Å². The summed E-state index contributed by atoms with van der Waals surface area (Å²) in [6.45, 7) is 2.25. The largest absolute Gasteiger partial charge is 0.478 e. The second kappa shape index (κ2) is 5.90. The maximum Gasteiger partial charge on any atom is 0.416 e. The lowest BCUT2D eigenvalue weighted by Crippen LogP contribution is -2.06. The van der Waals surface area contributed by atoms with Gasteiger partial charge in [-0.1, -0.05) is 6.07 Å². The first kappa shape index (κ1) is 15.0. The van der Waals surface area contributed by atoms with Gasteiger partial charge in [-0.05, 0) is 25.1 Å². The van der Waals surface area contributed by atoms with E-state index in [0.29, 0.717) is 12.5 Å². The molecule has 2 N–H and O–H groups in total. The first-order valence-electron chi connectivity index (χ1n) is 6.14. The molecule has 1 aromatic carbocycles. The first-order valence-corrected chi connectivity index (χ1v) is 6.14. The van der Waals surface area contributed by atoms with Crippen LogP contribution in [0.25, 0.3) is 0 Å². The van der Waals surface area contributed by atoms with E-state index in [1.807, 2.05) is 6.92 Å². The molecule has 0 saturated carbocycles. The Bertz CT molecular complexity index is 630. The molecule has 0 bridgehead atoms. The van der Waals surface area contributed by atoms with E-state index in [1.54, 1.807) is 18.2 Å². The summed E-state index contributed by atoms with van der Waals surface area (Å²) in [5, 5.41) is 0. The minimum atomic E-state index is -4.44. The Balaban J connectivity index is 2.22. The summed E-state index contributed by atoms with van der Waals surface area (Å²) in [6, 6.07) is 7.74. The molecule has 0 unspecified atom stereocenters. The van der Waals surface area contributed by atoms with E-state index in [1.165, 1.54) is 0 Å². The summed E-state index contributed by atoms with van der Waals surface area (Å²) >= 11 is 0. The smallest absolute Gasteiger partial charge is 0.416 e. The van der Waals surface area contributed by atoms with E-state index in [2.05, 4.69) is 4.98 Å². The second-order valence-corrected chi connectivity index (χ2v) is 4.10. The summed E-state index contributed by atoms with van der Waals surface area (Å²) in [6.07, 6.45) is -4.44. The molecule has 7 heteroatoms. The number of pyridine rings is 1. The standard InChI is InChI=1S/C14H13F3N2O2/c1-2-20-12-4-3-5-13(19-12)21-11-7-6-9(8-10(11)18)14(15,16)17/h3-8H,2,18H2,1H3. The number of ether oxygens (including phenoxy) is 2. The number of rotatable bonds is 4. The molecule has 2 rings (SSSR count). The third kappa shape index (κ3) is 3.77. The van der Waals surface area contributed by atoms with Crippen molar-refractivity contribution in [2.45, 2.75) is 13.1 Å². The lowest BCUT2D eigenvalue weighted by atomic mass is 10.2. The fourth-order valence-corrected chi connectivity index (χ4v) is 1.61. The number of aromatic nitrogens is 1. The van der Waals surface area contributed by atoms with Gasteiger partial charge in [0.25, 0.3) is 0 Å². The van der Waals surface area contributed by atoms with Crippen LogP contribution in [0.1, 0.15) is 12.5 Å². The Morgan fingerprint density at radius 3 is 2.48 bits per heavy atom. The maximum absolute atomic E-state index is 12.5. The number of nitrogens with two attached hydrogens (primary N) is 1. The Morgan fingerprint density at radius 2 is 1.86 bits per heavy atom. The molecule has 0 aliphatic carbocycles. The molecule has 0 spiro atoms. The quantitative estimate of drug-likeness (QED) is 0.870. The van der Waals surface area contributed by atoms with Gasteiger partial charge < -0.3 is 15.2 Å². The van der Waals surface area contributed by atoms with Crippen LogP contribution in [0, 0.1) is 0 Å². The van der Waals surface area contributed by atoms with Crippen molar-refractivity contribution in [1.82, 2.24) is 4.98 Å². The predicted molar refractivity (Wildman–Crippen MR) is 71.3 cm³/mol. The van der Waals surface area contributed by atoms with Gasteiger partial charge in [-0.3, -0.25) is 0 Å². The number of halogens is 3. The number of benzene rings is 1. The Morgan fingerprint density at radius 1 is 1.14 bits per heavy atom. The molecule has 0 aliphatic rings. The highest BCUT2D eigenvalue weighted by Crippen LogP contribution is 2.35. The lowest BCUT2D eigenvalue weighted by Gasteiger charge is -2.11. The average Bonchev–Trinajstić information content (AvgIpc) is 2.41. The molecular weight excluding hydrogens is 285 g/mol. The number of nitrogens with zero attached hydrogens (tertiary/aromatic N) is 1. The van der Waals surface area contributed by atoms with Crippen molar-refractivity contribution in [3.8, 4) is 17.5 Å². The number of alkyl halides is 3. The van der Waals surface area contributed by atoms with Gasteiger partial charge in [-0.15, -0.1) is 0 Å². The third-order valence-electron chi connectivity index (χ3n) is 2.54. The molecule has 0 saturated heterocycles. The van der Waals surface area contributed by atoms with Crippen molar-refractivity contribution in [3.05, 3.63) is 42.0 Å². The molecule has 2 aromatic rings. The summed E-state index contributed by atoms with van der Waals surface area (Å²) < 4.78 is 48.2. The number of hydrogen-bond acceptors (Lipinski definition) is 4. The second-order valence-electron chi connectivity index (χ2n) is 4.10. The normalized spacial score (nSPS) is 11.2. The van der Waals surface area contributed by atoms with Crippen LogP contribution in [-0.4, -0.2) is 11.6 Å². The molecule has 1 heterocycles. The summed E-state index contributed by atoms with van der Waals surface area (Å²) in [5.41, 5.74) is 4.63. The fourth-order valence-electron chi connectivity index (χ4n) is 1.61. The van der Waals surface area contributed by atoms with Crippen LogP contribution >= 0.6 is 0 Å². The van der Waals surface area contributed by atoms with Crippen molar-refractivity contribution in [1.29, 1.82) is 0 Å². The molecule has 21 heavy (non-hydrogen) atoms. The third-order valence-corrected chi connectivity index (χ3v) is 2.54. The molecule has 0 radical (unpaired) electrons. The molecule has 0 amide bonds. The van der Waals surface area contributed by atoms with Crippen LogP contribution in [0.2, 0.25) is 0 Å². The van der Waals surface area contributed by atoms with Crippen LogP contribution < -0.4 is 15.2 Å². The zero-order chi connectivity index (χ0) is 15.5. The predicted octanol–water partition coefficient (Wildman–Crippen LogP) is 3.87. The zero-order valence-electron chi connectivity index (χ0n) is 11.1. The van der Waals surface area contributed by atoms with Gasteiger partial charge in [0, 0.05) is 12.1 Å². The van der Waals surface area contributed by atoms with Crippen LogP contribution in [0.15, 0.2) is 36.4 Å². The van der Waals surface area contributed by atoms with Gasteiger partial charge in [0.2, 0.25) is 11.8 Å². The number of anilines is 1. The minimum absolute atomic E-state index is 0.101. The van der Waals surface area contributed by atoms with Gasteiger partial charge in [0.15, 0.2) is 5.75 Å². The van der Waals surface area contributed by atoms with E-state index in [9.17, 15) is 13.2 Å². The Hall–Kier alpha value is -2.44. The molecule has 1 aromatic heterocycles. The maximum atomic E-state index is 12.5. The average molecular weight is 298 g/mol. The number of nitrogen functional groups attached to an aromatic ring is 1. The van der Waals surface area contributed by atoms with E-state index in [0.717, 1.165) is 18.2 Å². The van der Waals surface area contributed by atoms with E-state index in [-0.39, 0.29) is 17.3 Å². The summed E-state index contributed by atoms with van der Waals surface area (Å²) in [7, 11) is 0. The summed E-state index contributed by atoms with van der Waals surface area (Å²) in [5.74, 6) is 0.650. The van der Waals surface area contributed by atoms with Gasteiger partial charge in [-0.2, -0.15) is 18.2 Å². The van der Waals surface area contributed by atoms with Crippen LogP contribution in [0.3, 0.4) is 0 Å². The van der Waals surface area contributed by atoms with Crippen molar-refractivity contribution in [2.24, 2.45) is 0 Å². The zero-order valence-corrected chi connectivity index (χ0v) is 11.1. The highest BCUT2D eigenvalue weighted by molar-refractivity contribution is 5.55. The number of hydrogen-bond donors (Lipinski definition) is 1. The SMILES string of the molecule is CCOc1cccc(Oc2ccc(C(F)(F)F)cc2N)n1.